The molecule has 4 aliphatic rings. The lowest BCUT2D eigenvalue weighted by Crippen LogP contribution is -2.39. The van der Waals surface area contributed by atoms with Crippen molar-refractivity contribution in [2.45, 2.75) is 43.3 Å². The molecule has 2 aliphatic heterocycles. The second kappa shape index (κ2) is 12.0. The minimum atomic E-state index is -0.160. The number of fused-ring (bicyclic) bond motifs is 6. The van der Waals surface area contributed by atoms with Gasteiger partial charge < -0.3 is 14.4 Å². The first-order chi connectivity index (χ1) is 25.9. The molecular formula is C50H43N3. The largest absolute Gasteiger partial charge is 0.356 e. The molecule has 6 aromatic rings. The van der Waals surface area contributed by atoms with Crippen LogP contribution in [0.5, 0.6) is 0 Å². The lowest BCUT2D eigenvalue weighted by atomic mass is 9.72. The summed E-state index contributed by atoms with van der Waals surface area (Å²) in [5, 5.41) is 1.34. The molecule has 0 spiro atoms. The Morgan fingerprint density at radius 3 is 2.17 bits per heavy atom. The summed E-state index contributed by atoms with van der Waals surface area (Å²) in [7, 11) is 2.20. The van der Waals surface area contributed by atoms with Crippen molar-refractivity contribution in [1.29, 1.82) is 0 Å². The van der Waals surface area contributed by atoms with E-state index >= 15 is 0 Å². The molecular weight excluding hydrogens is 643 g/mol. The minimum Gasteiger partial charge on any atom is -0.356 e. The SMILES string of the molecule is CN1C=C(c2ccc(-c3ccccc3)cc2)C=CC1n1c2c(c3ccccc31)CC(C)(c1ccc3c(c1)N(c1ccccc1)C1C=CC=CC31C)C=C2. The molecule has 3 nitrogen and oxygen atoms in total. The molecule has 3 heterocycles. The summed E-state index contributed by atoms with van der Waals surface area (Å²) >= 11 is 0. The lowest BCUT2D eigenvalue weighted by molar-refractivity contribution is 0.306. The standard InChI is InChI=1S/C50H43N3/c1-49(39-26-27-43-46(32-39)52(40-16-8-5-9-17-40)47-20-12-13-30-50(43,47)2)31-29-45-42(33-49)41-18-10-11-19-44(41)53(45)48-28-25-38(34-51(48)3)37-23-21-36(22-24-37)35-14-6-4-7-15-35/h4-32,34,47-48H,33H2,1-3H3. The van der Waals surface area contributed by atoms with Crippen LogP contribution in [-0.2, 0) is 17.3 Å². The van der Waals surface area contributed by atoms with Gasteiger partial charge in [0.15, 0.2) is 0 Å². The Kier molecular flexibility index (Phi) is 7.17. The van der Waals surface area contributed by atoms with Gasteiger partial charge in [-0.1, -0.05) is 147 Å². The van der Waals surface area contributed by atoms with Gasteiger partial charge >= 0.3 is 0 Å². The van der Waals surface area contributed by atoms with E-state index < -0.39 is 0 Å². The van der Waals surface area contributed by atoms with Gasteiger partial charge in [0, 0.05) is 46.5 Å². The van der Waals surface area contributed by atoms with Crippen molar-refractivity contribution >= 4 is 33.9 Å². The molecule has 0 saturated carbocycles. The van der Waals surface area contributed by atoms with E-state index in [9.17, 15) is 0 Å². The van der Waals surface area contributed by atoms with Crippen molar-refractivity contribution in [1.82, 2.24) is 9.47 Å². The third-order valence-electron chi connectivity index (χ3n) is 12.3. The zero-order valence-electron chi connectivity index (χ0n) is 30.5. The van der Waals surface area contributed by atoms with Gasteiger partial charge in [0.2, 0.25) is 0 Å². The molecule has 3 heteroatoms. The molecule has 4 unspecified atom stereocenters. The highest BCUT2D eigenvalue weighted by molar-refractivity contribution is 5.90. The number of likely N-dealkylation sites (N-methyl/N-ethyl adjacent to an activating group) is 1. The van der Waals surface area contributed by atoms with Crippen LogP contribution < -0.4 is 4.90 Å². The van der Waals surface area contributed by atoms with Gasteiger partial charge in [-0.15, -0.1) is 0 Å². The van der Waals surface area contributed by atoms with Crippen molar-refractivity contribution in [3.8, 4) is 11.1 Å². The molecule has 0 saturated heterocycles. The van der Waals surface area contributed by atoms with Crippen LogP contribution in [0.3, 0.4) is 0 Å². The molecule has 0 amide bonds. The molecule has 4 atom stereocenters. The first kappa shape index (κ1) is 31.7. The Hall–Kier alpha value is -6.06. The molecule has 0 fully saturated rings. The van der Waals surface area contributed by atoms with Crippen LogP contribution in [0.15, 0.2) is 176 Å². The Bertz CT molecular complexity index is 2530. The summed E-state index contributed by atoms with van der Waals surface area (Å²) in [6, 6.07) is 46.9. The van der Waals surface area contributed by atoms with Crippen LogP contribution in [0, 0.1) is 0 Å². The van der Waals surface area contributed by atoms with Crippen molar-refractivity contribution in [2.24, 2.45) is 0 Å². The third kappa shape index (κ3) is 4.94. The van der Waals surface area contributed by atoms with Crippen molar-refractivity contribution in [2.75, 3.05) is 11.9 Å². The zero-order chi connectivity index (χ0) is 35.7. The second-order valence-electron chi connectivity index (χ2n) is 15.6. The Labute approximate surface area is 312 Å². The summed E-state index contributed by atoms with van der Waals surface area (Å²) < 4.78 is 2.53. The Morgan fingerprint density at radius 1 is 0.660 bits per heavy atom. The minimum absolute atomic E-state index is 0.0645. The number of aromatic nitrogens is 1. The normalized spacial score (nSPS) is 23.9. The monoisotopic (exact) mass is 685 g/mol. The predicted molar refractivity (Wildman–Crippen MR) is 222 cm³/mol. The summed E-state index contributed by atoms with van der Waals surface area (Å²) in [5.41, 5.74) is 14.0. The van der Waals surface area contributed by atoms with Gasteiger partial charge in [0.05, 0.1) is 11.6 Å². The molecule has 0 radical (unpaired) electrons. The number of hydrogen-bond acceptors (Lipinski definition) is 2. The van der Waals surface area contributed by atoms with Crippen LogP contribution in [0.2, 0.25) is 0 Å². The molecule has 10 rings (SSSR count). The number of para-hydroxylation sites is 2. The lowest BCUT2D eigenvalue weighted by Gasteiger charge is -2.35. The molecule has 2 aliphatic carbocycles. The van der Waals surface area contributed by atoms with Gasteiger partial charge in [-0.05, 0) is 88.7 Å². The number of anilines is 2. The highest BCUT2D eigenvalue weighted by atomic mass is 15.3. The molecule has 258 valence electrons. The Balaban J connectivity index is 0.995. The van der Waals surface area contributed by atoms with Crippen molar-refractivity contribution in [3.05, 3.63) is 204 Å². The second-order valence-corrected chi connectivity index (χ2v) is 15.6. The van der Waals surface area contributed by atoms with Crippen LogP contribution >= 0.6 is 0 Å². The molecule has 53 heavy (non-hydrogen) atoms. The highest BCUT2D eigenvalue weighted by Crippen LogP contribution is 2.53. The fraction of sp³-hybridized carbons (Fsp3) is 0.160. The number of allylic oxidation sites excluding steroid dienone is 5. The van der Waals surface area contributed by atoms with E-state index in [2.05, 4.69) is 217 Å². The molecule has 1 aromatic heterocycles. The molecule has 0 bridgehead atoms. The van der Waals surface area contributed by atoms with Crippen LogP contribution in [0.1, 0.15) is 48.0 Å². The zero-order valence-corrected chi connectivity index (χ0v) is 30.5. The highest BCUT2D eigenvalue weighted by Gasteiger charge is 2.47. The van der Waals surface area contributed by atoms with Gasteiger partial charge in [-0.25, -0.2) is 0 Å². The van der Waals surface area contributed by atoms with E-state index in [1.165, 1.54) is 66.9 Å². The van der Waals surface area contributed by atoms with Gasteiger partial charge in [0.1, 0.15) is 6.17 Å². The summed E-state index contributed by atoms with van der Waals surface area (Å²) in [4.78, 5) is 4.91. The Morgan fingerprint density at radius 2 is 1.38 bits per heavy atom. The summed E-state index contributed by atoms with van der Waals surface area (Å²) in [5.74, 6) is 0. The summed E-state index contributed by atoms with van der Waals surface area (Å²) in [6.07, 6.45) is 22.0. The van der Waals surface area contributed by atoms with Crippen LogP contribution in [0.4, 0.5) is 11.4 Å². The van der Waals surface area contributed by atoms with Crippen molar-refractivity contribution in [3.63, 3.8) is 0 Å². The van der Waals surface area contributed by atoms with E-state index in [4.69, 9.17) is 0 Å². The number of nitrogens with zero attached hydrogens (tertiary/aromatic N) is 3. The number of benzene rings is 5. The van der Waals surface area contributed by atoms with Gasteiger partial charge in [-0.2, -0.15) is 0 Å². The smallest absolute Gasteiger partial charge is 0.125 e. The van der Waals surface area contributed by atoms with E-state index in [0.29, 0.717) is 0 Å². The van der Waals surface area contributed by atoms with Gasteiger partial charge in [0.25, 0.3) is 0 Å². The first-order valence-electron chi connectivity index (χ1n) is 18.9. The average molecular weight is 686 g/mol. The topological polar surface area (TPSA) is 11.4 Å². The van der Waals surface area contributed by atoms with Gasteiger partial charge in [-0.3, -0.25) is 0 Å². The molecule has 5 aromatic carbocycles. The van der Waals surface area contributed by atoms with E-state index in [1.54, 1.807) is 0 Å². The molecule has 0 N–H and O–H groups in total. The maximum Gasteiger partial charge on any atom is 0.125 e. The third-order valence-corrected chi connectivity index (χ3v) is 12.3. The predicted octanol–water partition coefficient (Wildman–Crippen LogP) is 11.8. The maximum atomic E-state index is 2.55. The fourth-order valence-corrected chi connectivity index (χ4v) is 9.39. The van der Waals surface area contributed by atoms with E-state index in [-0.39, 0.29) is 23.0 Å². The first-order valence-corrected chi connectivity index (χ1v) is 18.9. The number of hydrogen-bond donors (Lipinski definition) is 0. The quantitative estimate of drug-likeness (QED) is 0.179. The fourth-order valence-electron chi connectivity index (χ4n) is 9.39. The van der Waals surface area contributed by atoms with Crippen LogP contribution in [0.25, 0.3) is 33.7 Å². The van der Waals surface area contributed by atoms with Crippen LogP contribution in [-0.4, -0.2) is 22.6 Å². The maximum absolute atomic E-state index is 2.55. The average Bonchev–Trinajstić information content (AvgIpc) is 3.66. The summed E-state index contributed by atoms with van der Waals surface area (Å²) in [6.45, 7) is 4.81. The van der Waals surface area contributed by atoms with E-state index in [1.807, 2.05) is 0 Å². The van der Waals surface area contributed by atoms with E-state index in [0.717, 1.165) is 6.42 Å². The van der Waals surface area contributed by atoms with Crippen molar-refractivity contribution < 1.29 is 0 Å². The number of rotatable bonds is 5.